The van der Waals surface area contributed by atoms with Gasteiger partial charge in [0.2, 0.25) is 0 Å². The first-order valence-electron chi connectivity index (χ1n) is 7.04. The van der Waals surface area contributed by atoms with Gasteiger partial charge in [-0.25, -0.2) is 10.2 Å². The molecule has 1 aromatic heterocycles. The zero-order chi connectivity index (χ0) is 17.5. The van der Waals surface area contributed by atoms with E-state index in [-0.39, 0.29) is 17.3 Å². The summed E-state index contributed by atoms with van der Waals surface area (Å²) in [6, 6.07) is 10.4. The molecule has 1 amide bonds. The Morgan fingerprint density at radius 2 is 2.00 bits per heavy atom. The number of hydrogen-bond acceptors (Lipinski definition) is 6. The summed E-state index contributed by atoms with van der Waals surface area (Å²) in [5.74, 6) is -0.598. The zero-order valence-corrected chi connectivity index (χ0v) is 14.0. The number of carboxylic acids is 1. The number of hydrogen-bond donors (Lipinski definition) is 3. The van der Waals surface area contributed by atoms with Gasteiger partial charge in [-0.1, -0.05) is 6.07 Å². The molecule has 0 fully saturated rings. The number of benzene rings is 1. The summed E-state index contributed by atoms with van der Waals surface area (Å²) < 4.78 is 5.11. The van der Waals surface area contributed by atoms with E-state index in [2.05, 4.69) is 15.8 Å². The minimum absolute atomic E-state index is 0.0504. The van der Waals surface area contributed by atoms with Crippen molar-refractivity contribution in [2.45, 2.75) is 6.92 Å². The number of amides is 1. The van der Waals surface area contributed by atoms with Gasteiger partial charge in [0.05, 0.1) is 24.2 Å². The lowest BCUT2D eigenvalue weighted by atomic mass is 10.3. The maximum absolute atomic E-state index is 11.8. The average Bonchev–Trinajstić information content (AvgIpc) is 3.08. The molecule has 0 spiro atoms. The molecular formula is C16H17N3O4S. The van der Waals surface area contributed by atoms with Crippen molar-refractivity contribution in [2.24, 2.45) is 5.10 Å². The van der Waals surface area contributed by atoms with Crippen LogP contribution < -0.4 is 15.5 Å². The van der Waals surface area contributed by atoms with Crippen molar-refractivity contribution in [3.05, 3.63) is 46.2 Å². The summed E-state index contributed by atoms with van der Waals surface area (Å²) in [7, 11) is 1.57. The van der Waals surface area contributed by atoms with Crippen molar-refractivity contribution < 1.29 is 19.4 Å². The van der Waals surface area contributed by atoms with E-state index >= 15 is 0 Å². The molecule has 0 aliphatic heterocycles. The Bertz CT molecular complexity index is 770. The van der Waals surface area contributed by atoms with Crippen LogP contribution in [0.15, 0.2) is 41.5 Å². The Morgan fingerprint density at radius 1 is 1.25 bits per heavy atom. The molecule has 8 heteroatoms. The topological polar surface area (TPSA) is 100 Å². The molecule has 1 aromatic carbocycles. The molecule has 0 aliphatic rings. The number of nitrogens with zero attached hydrogens (tertiary/aromatic N) is 1. The molecular weight excluding hydrogens is 330 g/mol. The maximum atomic E-state index is 11.8. The predicted molar refractivity (Wildman–Crippen MR) is 93.1 cm³/mol. The molecule has 0 saturated heterocycles. The number of aromatic carboxylic acids is 1. The molecule has 3 N–H and O–H groups in total. The number of thiophene rings is 1. The van der Waals surface area contributed by atoms with Gasteiger partial charge >= 0.3 is 5.97 Å². The Kier molecular flexibility index (Phi) is 5.91. The molecule has 126 valence electrons. The molecule has 0 unspecified atom stereocenters. The second-order valence-electron chi connectivity index (χ2n) is 4.79. The van der Waals surface area contributed by atoms with Gasteiger partial charge in [-0.2, -0.15) is 5.10 Å². The van der Waals surface area contributed by atoms with Crippen LogP contribution in [0.2, 0.25) is 0 Å². The van der Waals surface area contributed by atoms with Crippen LogP contribution in [-0.2, 0) is 4.79 Å². The fourth-order valence-corrected chi connectivity index (χ4v) is 2.59. The van der Waals surface area contributed by atoms with E-state index in [1.807, 2.05) is 18.2 Å². The van der Waals surface area contributed by atoms with Gasteiger partial charge < -0.3 is 15.2 Å². The number of methoxy groups -OCH3 is 1. The smallest absolute Gasteiger partial charge is 0.345 e. The van der Waals surface area contributed by atoms with E-state index < -0.39 is 5.97 Å². The number of rotatable bonds is 7. The van der Waals surface area contributed by atoms with Crippen LogP contribution in [0.4, 0.5) is 5.69 Å². The Labute approximate surface area is 143 Å². The van der Waals surface area contributed by atoms with Gasteiger partial charge in [0.25, 0.3) is 5.91 Å². The van der Waals surface area contributed by atoms with Crippen LogP contribution in [-0.4, -0.2) is 36.3 Å². The number of anilines is 1. The van der Waals surface area contributed by atoms with Gasteiger partial charge in [-0.3, -0.25) is 4.79 Å². The van der Waals surface area contributed by atoms with Crippen LogP contribution >= 0.6 is 11.3 Å². The van der Waals surface area contributed by atoms with E-state index in [4.69, 9.17) is 9.84 Å². The van der Waals surface area contributed by atoms with Gasteiger partial charge in [-0.15, -0.1) is 11.3 Å². The lowest BCUT2D eigenvalue weighted by Crippen LogP contribution is -2.26. The predicted octanol–water partition coefficient (Wildman–Crippen LogP) is 2.41. The summed E-state index contributed by atoms with van der Waals surface area (Å²) in [6.45, 7) is 1.75. The van der Waals surface area contributed by atoms with Crippen LogP contribution in [0.1, 0.15) is 21.5 Å². The van der Waals surface area contributed by atoms with E-state index in [0.717, 1.165) is 17.0 Å². The number of carbonyl (C=O) groups is 2. The second-order valence-corrected chi connectivity index (χ2v) is 5.87. The quantitative estimate of drug-likeness (QED) is 0.527. The standard InChI is InChI=1S/C16H17N3O4S/c1-10(13-6-7-14(24-13)16(21)22)18-19-15(20)9-17-11-4-3-5-12(8-11)23-2/h3-8,17H,9H2,1-2H3,(H,19,20)(H,21,22)/b18-10-. The van der Waals surface area contributed by atoms with Crippen LogP contribution in [0, 0.1) is 0 Å². The summed E-state index contributed by atoms with van der Waals surface area (Å²) in [6.07, 6.45) is 0. The highest BCUT2D eigenvalue weighted by Crippen LogP contribution is 2.17. The normalized spacial score (nSPS) is 11.0. The zero-order valence-electron chi connectivity index (χ0n) is 13.2. The SMILES string of the molecule is COc1cccc(NCC(=O)N/N=C(/C)c2ccc(C(=O)O)s2)c1. The molecule has 7 nitrogen and oxygen atoms in total. The van der Waals surface area contributed by atoms with Crippen LogP contribution in [0.25, 0.3) is 0 Å². The number of nitrogens with one attached hydrogen (secondary N) is 2. The van der Waals surface area contributed by atoms with Crippen molar-refractivity contribution in [2.75, 3.05) is 19.0 Å². The van der Waals surface area contributed by atoms with Crippen LogP contribution in [0.5, 0.6) is 5.75 Å². The first-order chi connectivity index (χ1) is 11.5. The monoisotopic (exact) mass is 347 g/mol. The Balaban J connectivity index is 1.88. The summed E-state index contributed by atoms with van der Waals surface area (Å²) in [4.78, 5) is 23.6. The van der Waals surface area contributed by atoms with Gasteiger partial charge in [0.1, 0.15) is 10.6 Å². The fraction of sp³-hybridized carbons (Fsp3) is 0.188. The van der Waals surface area contributed by atoms with E-state index in [0.29, 0.717) is 16.3 Å². The van der Waals surface area contributed by atoms with E-state index in [1.165, 1.54) is 6.07 Å². The molecule has 2 aromatic rings. The van der Waals surface area contributed by atoms with Gasteiger partial charge in [0, 0.05) is 11.8 Å². The lowest BCUT2D eigenvalue weighted by Gasteiger charge is -2.07. The highest BCUT2D eigenvalue weighted by Gasteiger charge is 2.09. The minimum atomic E-state index is -0.981. The highest BCUT2D eigenvalue weighted by molar-refractivity contribution is 7.15. The Morgan fingerprint density at radius 3 is 2.67 bits per heavy atom. The van der Waals surface area contributed by atoms with E-state index in [9.17, 15) is 9.59 Å². The van der Waals surface area contributed by atoms with Crippen molar-refractivity contribution in [3.8, 4) is 5.75 Å². The largest absolute Gasteiger partial charge is 0.497 e. The molecule has 0 aliphatic carbocycles. The first kappa shape index (κ1) is 17.5. The van der Waals surface area contributed by atoms with Crippen molar-refractivity contribution in [1.29, 1.82) is 0 Å². The third-order valence-corrected chi connectivity index (χ3v) is 4.23. The molecule has 0 saturated carbocycles. The summed E-state index contributed by atoms with van der Waals surface area (Å²) in [5, 5.41) is 15.8. The van der Waals surface area contributed by atoms with Crippen LogP contribution in [0.3, 0.4) is 0 Å². The third kappa shape index (κ3) is 4.82. The summed E-state index contributed by atoms with van der Waals surface area (Å²) >= 11 is 1.10. The molecule has 0 atom stereocenters. The molecule has 24 heavy (non-hydrogen) atoms. The molecule has 1 heterocycles. The molecule has 0 radical (unpaired) electrons. The second kappa shape index (κ2) is 8.11. The average molecular weight is 347 g/mol. The van der Waals surface area contributed by atoms with Gasteiger partial charge in [0.15, 0.2) is 0 Å². The number of ether oxygens (including phenoxy) is 1. The first-order valence-corrected chi connectivity index (χ1v) is 7.86. The molecule has 2 rings (SSSR count). The Hall–Kier alpha value is -2.87. The number of carbonyl (C=O) groups excluding carboxylic acids is 1. The van der Waals surface area contributed by atoms with E-state index in [1.54, 1.807) is 26.2 Å². The lowest BCUT2D eigenvalue weighted by molar-refractivity contribution is -0.119. The van der Waals surface area contributed by atoms with Crippen molar-refractivity contribution >= 4 is 34.6 Å². The van der Waals surface area contributed by atoms with Gasteiger partial charge in [-0.05, 0) is 31.2 Å². The number of carboxylic acid groups (broad SMARTS) is 1. The minimum Gasteiger partial charge on any atom is -0.497 e. The fourth-order valence-electron chi connectivity index (χ4n) is 1.80. The van der Waals surface area contributed by atoms with Crippen molar-refractivity contribution in [3.63, 3.8) is 0 Å². The maximum Gasteiger partial charge on any atom is 0.345 e. The van der Waals surface area contributed by atoms with Crippen molar-refractivity contribution in [1.82, 2.24) is 5.43 Å². The number of hydrazone groups is 1. The highest BCUT2D eigenvalue weighted by atomic mass is 32.1. The molecule has 0 bridgehead atoms. The summed E-state index contributed by atoms with van der Waals surface area (Å²) in [5.41, 5.74) is 3.74. The third-order valence-electron chi connectivity index (χ3n) is 3.04.